The van der Waals surface area contributed by atoms with Crippen LogP contribution in [0.15, 0.2) is 18.2 Å². The molecular weight excluding hydrogens is 213 g/mol. The summed E-state index contributed by atoms with van der Waals surface area (Å²) in [6.45, 7) is 8.65. The summed E-state index contributed by atoms with van der Waals surface area (Å²) in [5.41, 5.74) is 2.43. The van der Waals surface area contributed by atoms with Gasteiger partial charge in [-0.05, 0) is 67.4 Å². The molecule has 17 heavy (non-hydrogen) atoms. The zero-order chi connectivity index (χ0) is 12.4. The molecular formula is C15H22FN. The van der Waals surface area contributed by atoms with Crippen LogP contribution in [0.3, 0.4) is 0 Å². The van der Waals surface area contributed by atoms with Gasteiger partial charge in [-0.1, -0.05) is 19.9 Å². The molecule has 2 unspecified atom stereocenters. The molecule has 1 aromatic carbocycles. The van der Waals surface area contributed by atoms with E-state index in [0.29, 0.717) is 17.8 Å². The topological polar surface area (TPSA) is 12.0 Å². The summed E-state index contributed by atoms with van der Waals surface area (Å²) >= 11 is 0. The number of benzene rings is 1. The van der Waals surface area contributed by atoms with E-state index in [0.717, 1.165) is 13.1 Å². The maximum atomic E-state index is 13.2. The molecule has 1 aliphatic carbocycles. The van der Waals surface area contributed by atoms with Crippen LogP contribution in [0.1, 0.15) is 37.3 Å². The van der Waals surface area contributed by atoms with Gasteiger partial charge in [0, 0.05) is 0 Å². The van der Waals surface area contributed by atoms with E-state index >= 15 is 0 Å². The SMILES string of the molecule is Cc1ccc(F)cc1C1CC1CNCC(C)C. The first kappa shape index (κ1) is 12.6. The van der Waals surface area contributed by atoms with Crippen LogP contribution in [0, 0.1) is 24.6 Å². The van der Waals surface area contributed by atoms with Gasteiger partial charge >= 0.3 is 0 Å². The fourth-order valence-corrected chi connectivity index (χ4v) is 2.42. The average molecular weight is 235 g/mol. The van der Waals surface area contributed by atoms with Crippen molar-refractivity contribution in [3.63, 3.8) is 0 Å². The van der Waals surface area contributed by atoms with Crippen molar-refractivity contribution in [2.45, 2.75) is 33.1 Å². The Labute approximate surface area is 103 Å². The minimum Gasteiger partial charge on any atom is -0.316 e. The highest BCUT2D eigenvalue weighted by Crippen LogP contribution is 2.48. The summed E-state index contributed by atoms with van der Waals surface area (Å²) in [6.07, 6.45) is 1.20. The van der Waals surface area contributed by atoms with Crippen molar-refractivity contribution >= 4 is 0 Å². The molecule has 1 fully saturated rings. The second-order valence-electron chi connectivity index (χ2n) is 5.66. The Morgan fingerprint density at radius 1 is 1.41 bits per heavy atom. The number of aryl methyl sites for hydroxylation is 1. The van der Waals surface area contributed by atoms with Crippen LogP contribution in [0.5, 0.6) is 0 Å². The highest BCUT2D eigenvalue weighted by molar-refractivity contribution is 5.34. The third-order valence-corrected chi connectivity index (χ3v) is 3.52. The molecule has 0 radical (unpaired) electrons. The number of halogens is 1. The van der Waals surface area contributed by atoms with E-state index < -0.39 is 0 Å². The summed E-state index contributed by atoms with van der Waals surface area (Å²) in [4.78, 5) is 0. The monoisotopic (exact) mass is 235 g/mol. The van der Waals surface area contributed by atoms with Crippen molar-refractivity contribution in [1.29, 1.82) is 0 Å². The third kappa shape index (κ3) is 3.29. The second-order valence-corrected chi connectivity index (χ2v) is 5.66. The van der Waals surface area contributed by atoms with Gasteiger partial charge in [0.05, 0.1) is 0 Å². The van der Waals surface area contributed by atoms with Gasteiger partial charge in [0.25, 0.3) is 0 Å². The summed E-state index contributed by atoms with van der Waals surface area (Å²) in [5.74, 6) is 1.87. The normalized spacial score (nSPS) is 23.1. The molecule has 0 saturated heterocycles. The van der Waals surface area contributed by atoms with Gasteiger partial charge in [0.15, 0.2) is 0 Å². The second kappa shape index (κ2) is 5.18. The van der Waals surface area contributed by atoms with Crippen LogP contribution >= 0.6 is 0 Å². The van der Waals surface area contributed by atoms with Crippen molar-refractivity contribution in [1.82, 2.24) is 5.32 Å². The Morgan fingerprint density at radius 3 is 2.88 bits per heavy atom. The predicted molar refractivity (Wildman–Crippen MR) is 69.7 cm³/mol. The fourth-order valence-electron chi connectivity index (χ4n) is 2.42. The molecule has 1 aromatic rings. The van der Waals surface area contributed by atoms with Crippen molar-refractivity contribution in [3.05, 3.63) is 35.1 Å². The van der Waals surface area contributed by atoms with E-state index in [1.54, 1.807) is 12.1 Å². The van der Waals surface area contributed by atoms with Gasteiger partial charge in [-0.15, -0.1) is 0 Å². The Kier molecular flexibility index (Phi) is 3.82. The number of hydrogen-bond donors (Lipinski definition) is 1. The van der Waals surface area contributed by atoms with Gasteiger partial charge in [-0.25, -0.2) is 4.39 Å². The van der Waals surface area contributed by atoms with Crippen molar-refractivity contribution in [2.75, 3.05) is 13.1 Å². The van der Waals surface area contributed by atoms with Crippen LogP contribution in [-0.2, 0) is 0 Å². The van der Waals surface area contributed by atoms with E-state index in [1.165, 1.54) is 17.5 Å². The molecule has 2 heteroatoms. The van der Waals surface area contributed by atoms with Gasteiger partial charge in [-0.2, -0.15) is 0 Å². The molecule has 0 aliphatic heterocycles. The summed E-state index contributed by atoms with van der Waals surface area (Å²) in [7, 11) is 0. The molecule has 2 atom stereocenters. The lowest BCUT2D eigenvalue weighted by atomic mass is 10.0. The third-order valence-electron chi connectivity index (χ3n) is 3.52. The number of rotatable bonds is 5. The fraction of sp³-hybridized carbons (Fsp3) is 0.600. The van der Waals surface area contributed by atoms with Crippen molar-refractivity contribution in [2.24, 2.45) is 11.8 Å². The van der Waals surface area contributed by atoms with E-state index in [9.17, 15) is 4.39 Å². The van der Waals surface area contributed by atoms with E-state index in [4.69, 9.17) is 0 Å². The summed E-state index contributed by atoms with van der Waals surface area (Å²) in [6, 6.07) is 5.15. The first-order chi connectivity index (χ1) is 8.08. The quantitative estimate of drug-likeness (QED) is 0.824. The molecule has 0 aromatic heterocycles. The summed E-state index contributed by atoms with van der Waals surface area (Å²) in [5, 5.41) is 3.49. The van der Waals surface area contributed by atoms with Gasteiger partial charge < -0.3 is 5.32 Å². The average Bonchev–Trinajstić information content (AvgIpc) is 3.00. The van der Waals surface area contributed by atoms with E-state index in [-0.39, 0.29) is 5.82 Å². The Bertz CT molecular complexity index is 387. The molecule has 94 valence electrons. The lowest BCUT2D eigenvalue weighted by Gasteiger charge is -2.08. The van der Waals surface area contributed by atoms with Gasteiger partial charge in [-0.3, -0.25) is 0 Å². The molecule has 0 heterocycles. The maximum absolute atomic E-state index is 13.2. The maximum Gasteiger partial charge on any atom is 0.123 e. The van der Waals surface area contributed by atoms with E-state index in [2.05, 4.69) is 26.1 Å². The van der Waals surface area contributed by atoms with Gasteiger partial charge in [0.2, 0.25) is 0 Å². The first-order valence-corrected chi connectivity index (χ1v) is 6.54. The molecule has 2 rings (SSSR count). The van der Waals surface area contributed by atoms with Crippen molar-refractivity contribution < 1.29 is 4.39 Å². The Balaban J connectivity index is 1.87. The molecule has 1 aliphatic rings. The molecule has 0 bridgehead atoms. The lowest BCUT2D eigenvalue weighted by Crippen LogP contribution is -2.22. The predicted octanol–water partition coefficient (Wildman–Crippen LogP) is 3.48. The lowest BCUT2D eigenvalue weighted by molar-refractivity contribution is 0.532. The van der Waals surface area contributed by atoms with Crippen LogP contribution in [0.25, 0.3) is 0 Å². The zero-order valence-corrected chi connectivity index (χ0v) is 11.0. The highest BCUT2D eigenvalue weighted by Gasteiger charge is 2.38. The largest absolute Gasteiger partial charge is 0.316 e. The standard InChI is InChI=1S/C15H22FN/c1-10(2)8-17-9-12-6-15(12)14-7-13(16)5-4-11(14)3/h4-5,7,10,12,15,17H,6,8-9H2,1-3H3. The molecule has 0 amide bonds. The molecule has 0 spiro atoms. The Morgan fingerprint density at radius 2 is 2.18 bits per heavy atom. The zero-order valence-electron chi connectivity index (χ0n) is 11.0. The minimum atomic E-state index is -0.105. The van der Waals surface area contributed by atoms with Crippen LogP contribution in [0.4, 0.5) is 4.39 Å². The van der Waals surface area contributed by atoms with Crippen LogP contribution in [0.2, 0.25) is 0 Å². The number of nitrogens with one attached hydrogen (secondary N) is 1. The molecule has 1 nitrogen and oxygen atoms in total. The van der Waals surface area contributed by atoms with Crippen molar-refractivity contribution in [3.8, 4) is 0 Å². The van der Waals surface area contributed by atoms with Crippen LogP contribution in [-0.4, -0.2) is 13.1 Å². The Hall–Kier alpha value is -0.890. The highest BCUT2D eigenvalue weighted by atomic mass is 19.1. The smallest absolute Gasteiger partial charge is 0.123 e. The van der Waals surface area contributed by atoms with Gasteiger partial charge in [0.1, 0.15) is 5.82 Å². The molecule has 1 saturated carbocycles. The molecule has 1 N–H and O–H groups in total. The van der Waals surface area contributed by atoms with Crippen LogP contribution < -0.4 is 5.32 Å². The summed E-state index contributed by atoms with van der Waals surface area (Å²) < 4.78 is 13.2. The minimum absolute atomic E-state index is 0.105. The number of hydrogen-bond acceptors (Lipinski definition) is 1. The van der Waals surface area contributed by atoms with E-state index in [1.807, 2.05) is 6.07 Å². The first-order valence-electron chi connectivity index (χ1n) is 6.54.